The maximum absolute atomic E-state index is 12.4. The summed E-state index contributed by atoms with van der Waals surface area (Å²) in [5.74, 6) is 0. The standard InChI is InChI=1S/C8H16F2N2/c1-6-8(4-10)11-7(3-9)5-12(6)2/h6-8,11H,3-5H2,1-2H3/t6-,7-,8-/m1/s1. The lowest BCUT2D eigenvalue weighted by Crippen LogP contribution is -2.61. The molecule has 0 aromatic carbocycles. The van der Waals surface area contributed by atoms with E-state index in [2.05, 4.69) is 5.32 Å². The number of halogens is 2. The molecule has 12 heavy (non-hydrogen) atoms. The van der Waals surface area contributed by atoms with Gasteiger partial charge in [0.15, 0.2) is 0 Å². The van der Waals surface area contributed by atoms with Gasteiger partial charge in [-0.2, -0.15) is 0 Å². The Morgan fingerprint density at radius 1 is 1.42 bits per heavy atom. The van der Waals surface area contributed by atoms with Crippen molar-refractivity contribution >= 4 is 0 Å². The van der Waals surface area contributed by atoms with Gasteiger partial charge in [-0.15, -0.1) is 0 Å². The first-order chi connectivity index (χ1) is 5.69. The lowest BCUT2D eigenvalue weighted by molar-refractivity contribution is 0.102. The normalized spacial score (nSPS) is 38.5. The molecule has 1 heterocycles. The Morgan fingerprint density at radius 3 is 2.58 bits per heavy atom. The average Bonchev–Trinajstić information content (AvgIpc) is 2.09. The summed E-state index contributed by atoms with van der Waals surface area (Å²) in [6.45, 7) is 1.76. The van der Waals surface area contributed by atoms with Gasteiger partial charge in [-0.25, -0.2) is 8.78 Å². The van der Waals surface area contributed by atoms with Crippen LogP contribution < -0.4 is 5.32 Å². The fourth-order valence-electron chi connectivity index (χ4n) is 1.58. The van der Waals surface area contributed by atoms with Crippen molar-refractivity contribution in [3.8, 4) is 0 Å². The van der Waals surface area contributed by atoms with Crippen molar-refractivity contribution in [3.05, 3.63) is 0 Å². The van der Waals surface area contributed by atoms with Crippen LogP contribution in [0.25, 0.3) is 0 Å². The SMILES string of the molecule is C[C@@H]1[C@@H](CF)N[C@H](CF)CN1C. The van der Waals surface area contributed by atoms with Crippen molar-refractivity contribution in [2.45, 2.75) is 25.0 Å². The smallest absolute Gasteiger partial charge is 0.106 e. The summed E-state index contributed by atoms with van der Waals surface area (Å²) in [4.78, 5) is 1.99. The van der Waals surface area contributed by atoms with E-state index in [9.17, 15) is 8.78 Å². The number of hydrogen-bond acceptors (Lipinski definition) is 2. The lowest BCUT2D eigenvalue weighted by Gasteiger charge is -2.40. The number of alkyl halides is 2. The van der Waals surface area contributed by atoms with Gasteiger partial charge >= 0.3 is 0 Å². The van der Waals surface area contributed by atoms with E-state index in [-0.39, 0.29) is 18.1 Å². The van der Waals surface area contributed by atoms with Gasteiger partial charge in [-0.05, 0) is 14.0 Å². The summed E-state index contributed by atoms with van der Waals surface area (Å²) >= 11 is 0. The highest BCUT2D eigenvalue weighted by molar-refractivity contribution is 4.89. The molecule has 2 nitrogen and oxygen atoms in total. The molecule has 0 saturated carbocycles. The molecular formula is C8H16F2N2. The van der Waals surface area contributed by atoms with E-state index in [4.69, 9.17) is 0 Å². The molecular weight excluding hydrogens is 162 g/mol. The van der Waals surface area contributed by atoms with Gasteiger partial charge in [0, 0.05) is 18.6 Å². The molecule has 1 aliphatic rings. The number of likely N-dealkylation sites (N-methyl/N-ethyl adjacent to an activating group) is 1. The Kier molecular flexibility index (Phi) is 3.40. The van der Waals surface area contributed by atoms with Crippen LogP contribution in [0.2, 0.25) is 0 Å². The Bertz CT molecular complexity index is 143. The van der Waals surface area contributed by atoms with Crippen molar-refractivity contribution in [2.24, 2.45) is 0 Å². The average molecular weight is 178 g/mol. The summed E-state index contributed by atoms with van der Waals surface area (Å²) in [6, 6.07) is -0.269. The number of rotatable bonds is 2. The van der Waals surface area contributed by atoms with Crippen LogP contribution in [0.4, 0.5) is 8.78 Å². The second-order valence-electron chi connectivity index (χ2n) is 3.46. The third kappa shape index (κ3) is 1.93. The van der Waals surface area contributed by atoms with Gasteiger partial charge in [0.2, 0.25) is 0 Å². The highest BCUT2D eigenvalue weighted by Gasteiger charge is 2.30. The van der Waals surface area contributed by atoms with Gasteiger partial charge in [-0.1, -0.05) is 0 Å². The van der Waals surface area contributed by atoms with Crippen molar-refractivity contribution < 1.29 is 8.78 Å². The molecule has 0 bridgehead atoms. The van der Waals surface area contributed by atoms with Gasteiger partial charge in [0.1, 0.15) is 13.3 Å². The van der Waals surface area contributed by atoms with E-state index in [1.165, 1.54) is 0 Å². The van der Waals surface area contributed by atoms with Crippen LogP contribution >= 0.6 is 0 Å². The fourth-order valence-corrected chi connectivity index (χ4v) is 1.58. The maximum Gasteiger partial charge on any atom is 0.106 e. The van der Waals surface area contributed by atoms with E-state index < -0.39 is 13.3 Å². The highest BCUT2D eigenvalue weighted by atomic mass is 19.1. The third-order valence-corrected chi connectivity index (χ3v) is 2.59. The molecule has 4 heteroatoms. The van der Waals surface area contributed by atoms with Crippen molar-refractivity contribution in [3.63, 3.8) is 0 Å². The largest absolute Gasteiger partial charge is 0.304 e. The Balaban J connectivity index is 2.52. The van der Waals surface area contributed by atoms with Crippen LogP contribution in [0.15, 0.2) is 0 Å². The van der Waals surface area contributed by atoms with Crippen LogP contribution in [-0.2, 0) is 0 Å². The van der Waals surface area contributed by atoms with Crippen molar-refractivity contribution in [2.75, 3.05) is 26.9 Å². The molecule has 1 aliphatic heterocycles. The number of nitrogens with zero attached hydrogens (tertiary/aromatic N) is 1. The quantitative estimate of drug-likeness (QED) is 0.665. The summed E-state index contributed by atoms with van der Waals surface area (Å²) in [7, 11) is 1.90. The summed E-state index contributed by atoms with van der Waals surface area (Å²) in [5, 5.41) is 2.94. The van der Waals surface area contributed by atoms with Crippen molar-refractivity contribution in [1.82, 2.24) is 10.2 Å². The summed E-state index contributed by atoms with van der Waals surface area (Å²) < 4.78 is 24.7. The molecule has 1 saturated heterocycles. The predicted molar refractivity (Wildman–Crippen MR) is 44.8 cm³/mol. The Morgan fingerprint density at radius 2 is 2.08 bits per heavy atom. The van der Waals surface area contributed by atoms with Crippen LogP contribution in [0.5, 0.6) is 0 Å². The van der Waals surface area contributed by atoms with E-state index in [0.29, 0.717) is 6.54 Å². The van der Waals surface area contributed by atoms with Crippen LogP contribution in [-0.4, -0.2) is 50.0 Å². The zero-order chi connectivity index (χ0) is 9.14. The molecule has 0 aromatic rings. The van der Waals surface area contributed by atoms with Crippen molar-refractivity contribution in [1.29, 1.82) is 0 Å². The minimum atomic E-state index is -0.429. The molecule has 0 spiro atoms. The first-order valence-electron chi connectivity index (χ1n) is 4.27. The molecule has 0 radical (unpaired) electrons. The van der Waals surface area contributed by atoms with Gasteiger partial charge < -0.3 is 10.2 Å². The summed E-state index contributed by atoms with van der Waals surface area (Å²) in [6.07, 6.45) is 0. The van der Waals surface area contributed by atoms with Gasteiger partial charge in [0.25, 0.3) is 0 Å². The third-order valence-electron chi connectivity index (χ3n) is 2.59. The highest BCUT2D eigenvalue weighted by Crippen LogP contribution is 2.11. The molecule has 0 unspecified atom stereocenters. The van der Waals surface area contributed by atoms with Crippen LogP contribution in [0, 0.1) is 0 Å². The molecule has 0 aromatic heterocycles. The molecule has 1 fully saturated rings. The fraction of sp³-hybridized carbons (Fsp3) is 1.00. The van der Waals surface area contributed by atoms with Gasteiger partial charge in [0.05, 0.1) is 6.04 Å². The van der Waals surface area contributed by atoms with Crippen LogP contribution in [0.1, 0.15) is 6.92 Å². The molecule has 0 amide bonds. The number of hydrogen-bond donors (Lipinski definition) is 1. The number of piperazine rings is 1. The molecule has 3 atom stereocenters. The minimum Gasteiger partial charge on any atom is -0.304 e. The zero-order valence-electron chi connectivity index (χ0n) is 7.56. The second-order valence-corrected chi connectivity index (χ2v) is 3.46. The second kappa shape index (κ2) is 4.14. The first kappa shape index (κ1) is 9.86. The van der Waals surface area contributed by atoms with E-state index in [1.54, 1.807) is 0 Å². The minimum absolute atomic E-state index is 0.151. The maximum atomic E-state index is 12.4. The summed E-state index contributed by atoms with van der Waals surface area (Å²) in [5.41, 5.74) is 0. The van der Waals surface area contributed by atoms with Gasteiger partial charge in [-0.3, -0.25) is 0 Å². The van der Waals surface area contributed by atoms with Crippen LogP contribution in [0.3, 0.4) is 0 Å². The number of nitrogens with one attached hydrogen (secondary N) is 1. The molecule has 0 aliphatic carbocycles. The monoisotopic (exact) mass is 178 g/mol. The topological polar surface area (TPSA) is 15.3 Å². The molecule has 72 valence electrons. The zero-order valence-corrected chi connectivity index (χ0v) is 7.56. The van der Waals surface area contributed by atoms with E-state index >= 15 is 0 Å². The lowest BCUT2D eigenvalue weighted by atomic mass is 10.0. The first-order valence-corrected chi connectivity index (χ1v) is 4.27. The Labute approximate surface area is 71.9 Å². The molecule has 1 rings (SSSR count). The van der Waals surface area contributed by atoms with E-state index in [0.717, 1.165) is 0 Å². The predicted octanol–water partition coefficient (Wildman–Crippen LogP) is 0.586. The Hall–Kier alpha value is -0.220. The van der Waals surface area contributed by atoms with E-state index in [1.807, 2.05) is 18.9 Å². The molecule has 1 N–H and O–H groups in total.